The highest BCUT2D eigenvalue weighted by Crippen LogP contribution is 2.39. The van der Waals surface area contributed by atoms with Gasteiger partial charge in [-0.3, -0.25) is 4.79 Å². The van der Waals surface area contributed by atoms with Crippen LogP contribution in [0, 0.1) is 5.82 Å². The lowest BCUT2D eigenvalue weighted by Gasteiger charge is -2.42. The summed E-state index contributed by atoms with van der Waals surface area (Å²) in [5.74, 6) is -2.01. The van der Waals surface area contributed by atoms with E-state index in [4.69, 9.17) is 6.11 Å². The van der Waals surface area contributed by atoms with Gasteiger partial charge in [-0.2, -0.15) is 0 Å². The van der Waals surface area contributed by atoms with Crippen LogP contribution in [0.15, 0.2) is 48.5 Å². The molecule has 1 aliphatic rings. The SMILES string of the molecule is [2H]c1ccc(OCF)c(C(=O)NCCC2(c3ccccc3)CCN(S(=O)(=O)CCC)CC2)c1F. The highest BCUT2D eigenvalue weighted by molar-refractivity contribution is 7.89. The molecule has 0 atom stereocenters. The zero-order valence-corrected chi connectivity index (χ0v) is 19.5. The average Bonchev–Trinajstić information content (AvgIpc) is 2.82. The highest BCUT2D eigenvalue weighted by atomic mass is 32.2. The van der Waals surface area contributed by atoms with Crippen LogP contribution in [-0.2, 0) is 15.4 Å². The van der Waals surface area contributed by atoms with E-state index < -0.39 is 40.2 Å². The summed E-state index contributed by atoms with van der Waals surface area (Å²) in [7, 11) is -3.30. The lowest BCUT2D eigenvalue weighted by Crippen LogP contribution is -2.47. The third-order valence-electron chi connectivity index (χ3n) is 6.16. The van der Waals surface area contributed by atoms with Gasteiger partial charge in [0.05, 0.1) is 7.12 Å². The van der Waals surface area contributed by atoms with E-state index in [0.29, 0.717) is 38.8 Å². The summed E-state index contributed by atoms with van der Waals surface area (Å²) in [6, 6.07) is 11.5. The molecule has 0 aromatic heterocycles. The number of benzene rings is 2. The van der Waals surface area contributed by atoms with E-state index in [0.717, 1.165) is 11.6 Å². The lowest BCUT2D eigenvalue weighted by molar-refractivity contribution is 0.0935. The number of sulfonamides is 1. The van der Waals surface area contributed by atoms with Crippen molar-refractivity contribution in [3.05, 3.63) is 65.5 Å². The Kier molecular flexibility index (Phi) is 7.93. The Hall–Kier alpha value is -2.52. The van der Waals surface area contributed by atoms with Gasteiger partial charge in [0.15, 0.2) is 0 Å². The number of hydrogen-bond acceptors (Lipinski definition) is 4. The van der Waals surface area contributed by atoms with E-state index in [2.05, 4.69) is 5.32 Å². The molecule has 0 saturated carbocycles. The summed E-state index contributed by atoms with van der Waals surface area (Å²) in [4.78, 5) is 12.7. The fraction of sp³-hybridized carbons (Fsp3) is 0.458. The number of ether oxygens (including phenoxy) is 1. The topological polar surface area (TPSA) is 75.7 Å². The van der Waals surface area contributed by atoms with Crippen molar-refractivity contribution >= 4 is 15.9 Å². The van der Waals surface area contributed by atoms with Crippen LogP contribution >= 0.6 is 0 Å². The quantitative estimate of drug-likeness (QED) is 0.556. The van der Waals surface area contributed by atoms with Crippen LogP contribution < -0.4 is 10.1 Å². The van der Waals surface area contributed by atoms with Crippen LogP contribution in [0.5, 0.6) is 5.75 Å². The molecule has 6 nitrogen and oxygen atoms in total. The summed E-state index contributed by atoms with van der Waals surface area (Å²) in [5.41, 5.74) is 0.192. The number of carbonyl (C=O) groups excluding carboxylic acids is 1. The lowest BCUT2D eigenvalue weighted by atomic mass is 9.71. The van der Waals surface area contributed by atoms with Gasteiger partial charge in [0.25, 0.3) is 5.91 Å². The number of amides is 1. The average molecular weight is 482 g/mol. The predicted molar refractivity (Wildman–Crippen MR) is 123 cm³/mol. The van der Waals surface area contributed by atoms with Crippen LogP contribution in [-0.4, -0.2) is 50.9 Å². The maximum atomic E-state index is 14.5. The third kappa shape index (κ3) is 5.89. The van der Waals surface area contributed by atoms with Gasteiger partial charge in [-0.15, -0.1) is 0 Å². The van der Waals surface area contributed by atoms with E-state index in [-0.39, 0.29) is 23.5 Å². The van der Waals surface area contributed by atoms with Crippen molar-refractivity contribution < 1.29 is 28.1 Å². The van der Waals surface area contributed by atoms with E-state index >= 15 is 0 Å². The van der Waals surface area contributed by atoms with Gasteiger partial charge in [-0.25, -0.2) is 21.5 Å². The molecule has 1 aliphatic heterocycles. The maximum Gasteiger partial charge on any atom is 0.258 e. The number of rotatable bonds is 10. The van der Waals surface area contributed by atoms with E-state index in [1.54, 1.807) is 0 Å². The van der Waals surface area contributed by atoms with Crippen LogP contribution in [0.25, 0.3) is 0 Å². The number of halogens is 2. The van der Waals surface area contributed by atoms with Crippen LogP contribution in [0.3, 0.4) is 0 Å². The molecule has 1 heterocycles. The Labute approximate surface area is 195 Å². The van der Waals surface area contributed by atoms with Crippen molar-refractivity contribution in [1.82, 2.24) is 9.62 Å². The Morgan fingerprint density at radius 2 is 1.91 bits per heavy atom. The van der Waals surface area contributed by atoms with Crippen molar-refractivity contribution in [3.8, 4) is 5.75 Å². The van der Waals surface area contributed by atoms with Crippen molar-refractivity contribution in [3.63, 3.8) is 0 Å². The minimum Gasteiger partial charge on any atom is -0.462 e. The minimum atomic E-state index is -3.30. The summed E-state index contributed by atoms with van der Waals surface area (Å²) in [5, 5.41) is 2.67. The molecule has 1 saturated heterocycles. The van der Waals surface area contributed by atoms with Gasteiger partial charge in [0.2, 0.25) is 16.9 Å². The molecule has 2 aromatic rings. The molecule has 1 N–H and O–H groups in total. The summed E-state index contributed by atoms with van der Waals surface area (Å²) in [6.45, 7) is 1.56. The van der Waals surface area contributed by atoms with E-state index in [1.165, 1.54) is 10.4 Å². The van der Waals surface area contributed by atoms with Crippen molar-refractivity contribution in [2.75, 3.05) is 32.2 Å². The Balaban J connectivity index is 1.75. The smallest absolute Gasteiger partial charge is 0.258 e. The maximum absolute atomic E-state index is 14.5. The normalized spacial score (nSPS) is 16.8. The van der Waals surface area contributed by atoms with E-state index in [1.807, 2.05) is 37.3 Å². The summed E-state index contributed by atoms with van der Waals surface area (Å²) >= 11 is 0. The molecule has 3 rings (SSSR count). The van der Waals surface area contributed by atoms with Gasteiger partial charge >= 0.3 is 0 Å². The van der Waals surface area contributed by atoms with Crippen LogP contribution in [0.2, 0.25) is 0 Å². The van der Waals surface area contributed by atoms with Crippen molar-refractivity contribution in [2.24, 2.45) is 0 Å². The Bertz CT molecular complexity index is 1090. The fourth-order valence-electron chi connectivity index (χ4n) is 4.40. The molecule has 9 heteroatoms. The first-order valence-electron chi connectivity index (χ1n) is 11.5. The zero-order valence-electron chi connectivity index (χ0n) is 19.6. The van der Waals surface area contributed by atoms with Crippen LogP contribution in [0.4, 0.5) is 8.78 Å². The molecule has 0 bridgehead atoms. The molecule has 0 aliphatic carbocycles. The van der Waals surface area contributed by atoms with Gasteiger partial charge in [-0.1, -0.05) is 43.3 Å². The number of nitrogens with one attached hydrogen (secondary N) is 1. The number of carbonyl (C=O) groups is 1. The summed E-state index contributed by atoms with van der Waals surface area (Å²) < 4.78 is 66.0. The predicted octanol–water partition coefficient (Wildman–Crippen LogP) is 4.03. The molecular formula is C24H30F2N2O4S. The molecule has 0 spiro atoms. The first kappa shape index (κ1) is 23.6. The molecule has 33 heavy (non-hydrogen) atoms. The largest absolute Gasteiger partial charge is 0.462 e. The monoisotopic (exact) mass is 481 g/mol. The molecule has 2 aromatic carbocycles. The van der Waals surface area contributed by atoms with Crippen molar-refractivity contribution in [1.29, 1.82) is 0 Å². The molecule has 1 fully saturated rings. The van der Waals surface area contributed by atoms with Gasteiger partial charge in [0.1, 0.15) is 17.1 Å². The minimum absolute atomic E-state index is 0.116. The highest BCUT2D eigenvalue weighted by Gasteiger charge is 2.38. The first-order chi connectivity index (χ1) is 16.2. The Morgan fingerprint density at radius 1 is 1.21 bits per heavy atom. The molecule has 180 valence electrons. The second kappa shape index (κ2) is 11.1. The Morgan fingerprint density at radius 3 is 2.55 bits per heavy atom. The zero-order chi connectivity index (χ0) is 24.8. The molecule has 1 amide bonds. The van der Waals surface area contributed by atoms with Crippen LogP contribution in [0.1, 0.15) is 49.9 Å². The van der Waals surface area contributed by atoms with Gasteiger partial charge in [0, 0.05) is 19.6 Å². The second-order valence-electron chi connectivity index (χ2n) is 8.15. The standard InChI is InChI=1S/C24H30F2N2O4S/c1-2-17-33(30,31)28-15-12-24(13-16-28,19-7-4-3-5-8-19)11-14-27-23(29)22-20(26)9-6-10-21(22)32-18-25/h3-10H,2,11-18H2,1H3,(H,27,29)/i9D. The van der Waals surface area contributed by atoms with Gasteiger partial charge in [-0.05, 0) is 48.8 Å². The van der Waals surface area contributed by atoms with E-state index in [9.17, 15) is 22.0 Å². The molecular weight excluding hydrogens is 450 g/mol. The number of alkyl halides is 1. The molecule has 0 radical (unpaired) electrons. The summed E-state index contributed by atoms with van der Waals surface area (Å²) in [6.07, 6.45) is 2.23. The second-order valence-corrected chi connectivity index (χ2v) is 10.2. The molecule has 0 unspecified atom stereocenters. The third-order valence-corrected chi connectivity index (χ3v) is 8.23. The number of piperidine rings is 1. The fourth-order valence-corrected chi connectivity index (χ4v) is 5.92. The van der Waals surface area contributed by atoms with Gasteiger partial charge < -0.3 is 10.1 Å². The number of hydrogen-bond donors (Lipinski definition) is 1. The van der Waals surface area contributed by atoms with Crippen molar-refractivity contribution in [2.45, 2.75) is 38.0 Å². The number of nitrogens with zero attached hydrogens (tertiary/aromatic N) is 1. The first-order valence-corrected chi connectivity index (χ1v) is 12.6.